The fraction of sp³-hybridized carbons (Fsp3) is 0.188. The number of para-hydroxylation sites is 1. The summed E-state index contributed by atoms with van der Waals surface area (Å²) >= 11 is 1.49. The molecule has 0 radical (unpaired) electrons. The van der Waals surface area contributed by atoms with Gasteiger partial charge in [-0.2, -0.15) is 0 Å². The number of methoxy groups -OCH3 is 2. The van der Waals surface area contributed by atoms with Crippen LogP contribution < -0.4 is 9.47 Å². The van der Waals surface area contributed by atoms with Crippen LogP contribution in [0.4, 0.5) is 0 Å². The molecule has 20 heavy (non-hydrogen) atoms. The SMILES string of the molecule is COc1cccc(SCC(=O)c2ccccc2OC)c1. The van der Waals surface area contributed by atoms with E-state index < -0.39 is 0 Å². The zero-order valence-electron chi connectivity index (χ0n) is 11.5. The van der Waals surface area contributed by atoms with Crippen molar-refractivity contribution in [3.63, 3.8) is 0 Å². The third-order valence-electron chi connectivity index (χ3n) is 2.82. The Bertz CT molecular complexity index is 596. The van der Waals surface area contributed by atoms with Crippen LogP contribution in [-0.2, 0) is 0 Å². The number of rotatable bonds is 6. The summed E-state index contributed by atoms with van der Waals surface area (Å²) in [5.41, 5.74) is 0.616. The minimum absolute atomic E-state index is 0.0512. The monoisotopic (exact) mass is 288 g/mol. The summed E-state index contributed by atoms with van der Waals surface area (Å²) in [4.78, 5) is 13.2. The molecule has 0 fully saturated rings. The molecular weight excluding hydrogens is 272 g/mol. The Morgan fingerprint density at radius 1 is 1.05 bits per heavy atom. The van der Waals surface area contributed by atoms with E-state index in [1.807, 2.05) is 36.4 Å². The highest BCUT2D eigenvalue weighted by atomic mass is 32.2. The normalized spacial score (nSPS) is 10.1. The predicted molar refractivity (Wildman–Crippen MR) is 81.0 cm³/mol. The van der Waals surface area contributed by atoms with E-state index in [9.17, 15) is 4.79 Å². The zero-order chi connectivity index (χ0) is 14.4. The molecule has 2 aromatic carbocycles. The highest BCUT2D eigenvalue weighted by molar-refractivity contribution is 8.00. The summed E-state index contributed by atoms with van der Waals surface area (Å²) in [7, 11) is 3.20. The number of hydrogen-bond acceptors (Lipinski definition) is 4. The topological polar surface area (TPSA) is 35.5 Å². The van der Waals surface area contributed by atoms with Gasteiger partial charge in [0.25, 0.3) is 0 Å². The van der Waals surface area contributed by atoms with E-state index in [2.05, 4.69) is 0 Å². The molecule has 104 valence electrons. The van der Waals surface area contributed by atoms with Gasteiger partial charge in [-0.25, -0.2) is 0 Å². The molecule has 0 spiro atoms. The Labute approximate surface area is 122 Å². The van der Waals surface area contributed by atoms with Gasteiger partial charge in [0, 0.05) is 4.90 Å². The lowest BCUT2D eigenvalue weighted by molar-refractivity contribution is 0.101. The van der Waals surface area contributed by atoms with Crippen LogP contribution in [-0.4, -0.2) is 25.8 Å². The van der Waals surface area contributed by atoms with Crippen molar-refractivity contribution in [3.05, 3.63) is 54.1 Å². The van der Waals surface area contributed by atoms with Crippen LogP contribution in [0.15, 0.2) is 53.4 Å². The van der Waals surface area contributed by atoms with Crippen LogP contribution in [0.3, 0.4) is 0 Å². The van der Waals surface area contributed by atoms with Gasteiger partial charge in [0.15, 0.2) is 5.78 Å². The lowest BCUT2D eigenvalue weighted by Crippen LogP contribution is -2.04. The van der Waals surface area contributed by atoms with Crippen molar-refractivity contribution >= 4 is 17.5 Å². The maximum Gasteiger partial charge on any atom is 0.176 e. The average Bonchev–Trinajstić information content (AvgIpc) is 2.52. The first-order valence-electron chi connectivity index (χ1n) is 6.17. The molecule has 0 aliphatic carbocycles. The molecule has 2 rings (SSSR count). The first-order chi connectivity index (χ1) is 9.74. The Kier molecular flexibility index (Phi) is 5.07. The van der Waals surface area contributed by atoms with Gasteiger partial charge < -0.3 is 9.47 Å². The van der Waals surface area contributed by atoms with Gasteiger partial charge >= 0.3 is 0 Å². The van der Waals surface area contributed by atoms with E-state index in [-0.39, 0.29) is 5.78 Å². The Balaban J connectivity index is 2.04. The second-order valence-corrected chi connectivity index (χ2v) is 5.14. The number of carbonyl (C=O) groups excluding carboxylic acids is 1. The van der Waals surface area contributed by atoms with Crippen LogP contribution in [0.25, 0.3) is 0 Å². The van der Waals surface area contributed by atoms with Gasteiger partial charge in [-0.3, -0.25) is 4.79 Å². The number of hydrogen-bond donors (Lipinski definition) is 0. The number of benzene rings is 2. The van der Waals surface area contributed by atoms with Crippen molar-refractivity contribution in [2.45, 2.75) is 4.90 Å². The first-order valence-corrected chi connectivity index (χ1v) is 7.16. The molecule has 0 aliphatic heterocycles. The molecule has 3 nitrogen and oxygen atoms in total. The molecule has 0 atom stereocenters. The van der Waals surface area contributed by atoms with Gasteiger partial charge in [0.05, 0.1) is 25.5 Å². The highest BCUT2D eigenvalue weighted by Gasteiger charge is 2.11. The number of ether oxygens (including phenoxy) is 2. The summed E-state index contributed by atoms with van der Waals surface area (Å²) in [5.74, 6) is 1.83. The highest BCUT2D eigenvalue weighted by Crippen LogP contribution is 2.25. The predicted octanol–water partition coefficient (Wildman–Crippen LogP) is 3.68. The standard InChI is InChI=1S/C16H16O3S/c1-18-12-6-5-7-13(10-12)20-11-15(17)14-8-3-4-9-16(14)19-2/h3-10H,11H2,1-2H3. The van der Waals surface area contributed by atoms with Crippen LogP contribution in [0.2, 0.25) is 0 Å². The number of ketones is 1. The lowest BCUT2D eigenvalue weighted by Gasteiger charge is -2.07. The van der Waals surface area contributed by atoms with Gasteiger partial charge in [-0.05, 0) is 30.3 Å². The van der Waals surface area contributed by atoms with Crippen molar-refractivity contribution in [1.82, 2.24) is 0 Å². The molecule has 0 unspecified atom stereocenters. The molecule has 0 heterocycles. The van der Waals surface area contributed by atoms with Gasteiger partial charge in [0.1, 0.15) is 11.5 Å². The molecular formula is C16H16O3S. The van der Waals surface area contributed by atoms with Crippen molar-refractivity contribution < 1.29 is 14.3 Å². The first kappa shape index (κ1) is 14.5. The molecule has 0 amide bonds. The number of carbonyl (C=O) groups is 1. The van der Waals surface area contributed by atoms with Gasteiger partial charge in [-0.1, -0.05) is 18.2 Å². The van der Waals surface area contributed by atoms with Gasteiger partial charge in [-0.15, -0.1) is 11.8 Å². The third-order valence-corrected chi connectivity index (χ3v) is 3.81. The van der Waals surface area contributed by atoms with E-state index in [1.165, 1.54) is 11.8 Å². The molecule has 2 aromatic rings. The van der Waals surface area contributed by atoms with Crippen LogP contribution in [0.5, 0.6) is 11.5 Å². The van der Waals surface area contributed by atoms with E-state index in [1.54, 1.807) is 26.4 Å². The van der Waals surface area contributed by atoms with Crippen LogP contribution in [0, 0.1) is 0 Å². The smallest absolute Gasteiger partial charge is 0.176 e. The van der Waals surface area contributed by atoms with Crippen molar-refractivity contribution in [2.24, 2.45) is 0 Å². The van der Waals surface area contributed by atoms with E-state index in [4.69, 9.17) is 9.47 Å². The fourth-order valence-corrected chi connectivity index (χ4v) is 2.62. The minimum Gasteiger partial charge on any atom is -0.497 e. The summed E-state index contributed by atoms with van der Waals surface area (Å²) < 4.78 is 10.4. The molecule has 0 saturated heterocycles. The third kappa shape index (κ3) is 3.54. The molecule has 0 saturated carbocycles. The summed E-state index contributed by atoms with van der Waals surface area (Å²) in [6.07, 6.45) is 0. The van der Waals surface area contributed by atoms with E-state index >= 15 is 0 Å². The quantitative estimate of drug-likeness (QED) is 0.600. The van der Waals surface area contributed by atoms with Gasteiger partial charge in [0.2, 0.25) is 0 Å². The van der Waals surface area contributed by atoms with E-state index in [0.29, 0.717) is 17.1 Å². The Hall–Kier alpha value is -1.94. The van der Waals surface area contributed by atoms with Crippen LogP contribution >= 0.6 is 11.8 Å². The molecule has 4 heteroatoms. The summed E-state index contributed by atoms with van der Waals surface area (Å²) in [6.45, 7) is 0. The molecule has 0 aromatic heterocycles. The maximum absolute atomic E-state index is 12.2. The summed E-state index contributed by atoms with van der Waals surface area (Å²) in [5, 5.41) is 0. The second kappa shape index (κ2) is 7.01. The van der Waals surface area contributed by atoms with Crippen LogP contribution in [0.1, 0.15) is 10.4 Å². The lowest BCUT2D eigenvalue weighted by atomic mass is 10.1. The largest absolute Gasteiger partial charge is 0.497 e. The second-order valence-electron chi connectivity index (χ2n) is 4.09. The fourth-order valence-electron chi connectivity index (χ4n) is 1.79. The van der Waals surface area contributed by atoms with E-state index in [0.717, 1.165) is 10.6 Å². The Morgan fingerprint density at radius 2 is 1.85 bits per heavy atom. The average molecular weight is 288 g/mol. The van der Waals surface area contributed by atoms with Crippen molar-refractivity contribution in [3.8, 4) is 11.5 Å². The minimum atomic E-state index is 0.0512. The molecule has 0 aliphatic rings. The van der Waals surface area contributed by atoms with Crippen molar-refractivity contribution in [2.75, 3.05) is 20.0 Å². The number of Topliss-reactive ketones (excluding diaryl/α,β-unsaturated/α-hetero) is 1. The molecule has 0 N–H and O–H groups in total. The number of thioether (sulfide) groups is 1. The zero-order valence-corrected chi connectivity index (χ0v) is 12.3. The maximum atomic E-state index is 12.2. The summed E-state index contributed by atoms with van der Waals surface area (Å²) in [6, 6.07) is 14.9. The van der Waals surface area contributed by atoms with Crippen molar-refractivity contribution in [1.29, 1.82) is 0 Å². The molecule has 0 bridgehead atoms. The Morgan fingerprint density at radius 3 is 2.60 bits per heavy atom.